The molecule has 1 amide bonds. The van der Waals surface area contributed by atoms with Crippen molar-refractivity contribution < 1.29 is 13.6 Å². The smallest absolute Gasteiger partial charge is 0.256 e. The molecule has 0 atom stereocenters. The van der Waals surface area contributed by atoms with Crippen molar-refractivity contribution in [1.82, 2.24) is 4.57 Å². The monoisotopic (exact) mass is 342 g/mol. The maximum atomic E-state index is 13.6. The second-order valence-electron chi connectivity index (χ2n) is 4.06. The average Bonchev–Trinajstić information content (AvgIpc) is 2.36. The van der Waals surface area contributed by atoms with Crippen molar-refractivity contribution in [1.29, 1.82) is 0 Å². The minimum absolute atomic E-state index is 0.0230. The fourth-order valence-corrected chi connectivity index (χ4v) is 1.94. The first-order chi connectivity index (χ1) is 9.38. The van der Waals surface area contributed by atoms with Crippen LogP contribution in [0.25, 0.3) is 0 Å². The molecule has 0 aliphatic carbocycles. The number of amides is 1. The molecule has 2 rings (SSSR count). The van der Waals surface area contributed by atoms with Gasteiger partial charge < -0.3 is 9.88 Å². The fourth-order valence-electron chi connectivity index (χ4n) is 1.54. The Morgan fingerprint density at radius 1 is 1.25 bits per heavy atom. The molecule has 0 fully saturated rings. The van der Waals surface area contributed by atoms with E-state index >= 15 is 0 Å². The number of rotatable bonds is 2. The number of carbonyl (C=O) groups is 1. The van der Waals surface area contributed by atoms with Gasteiger partial charge >= 0.3 is 0 Å². The largest absolute Gasteiger partial charge is 0.319 e. The molecule has 0 bridgehead atoms. The van der Waals surface area contributed by atoms with Crippen molar-refractivity contribution >= 4 is 27.5 Å². The lowest BCUT2D eigenvalue weighted by Crippen LogP contribution is -2.20. The van der Waals surface area contributed by atoms with E-state index in [-0.39, 0.29) is 10.0 Å². The second-order valence-corrected chi connectivity index (χ2v) is 4.98. The van der Waals surface area contributed by atoms with Gasteiger partial charge in [-0.3, -0.25) is 9.59 Å². The summed E-state index contributed by atoms with van der Waals surface area (Å²) in [4.78, 5) is 23.3. The SMILES string of the molecule is Cn1ccc(C(=O)Nc2c(F)cc(Br)cc2F)cc1=O. The molecule has 0 unspecified atom stereocenters. The van der Waals surface area contributed by atoms with Gasteiger partial charge in [0.1, 0.15) is 5.69 Å². The van der Waals surface area contributed by atoms with Crippen LogP contribution in [-0.2, 0) is 7.05 Å². The molecular weight excluding hydrogens is 334 g/mol. The maximum absolute atomic E-state index is 13.6. The van der Waals surface area contributed by atoms with Gasteiger partial charge in [0.15, 0.2) is 11.6 Å². The zero-order valence-electron chi connectivity index (χ0n) is 10.3. The summed E-state index contributed by atoms with van der Waals surface area (Å²) in [5.41, 5.74) is -0.928. The minimum Gasteiger partial charge on any atom is -0.319 e. The molecule has 7 heteroatoms. The summed E-state index contributed by atoms with van der Waals surface area (Å²) in [6.45, 7) is 0. The minimum atomic E-state index is -0.908. The third-order valence-corrected chi connectivity index (χ3v) is 3.07. The summed E-state index contributed by atoms with van der Waals surface area (Å²) >= 11 is 2.94. The Morgan fingerprint density at radius 3 is 2.40 bits per heavy atom. The number of nitrogens with zero attached hydrogens (tertiary/aromatic N) is 1. The molecule has 0 radical (unpaired) electrons. The van der Waals surface area contributed by atoms with Gasteiger partial charge in [0, 0.05) is 29.3 Å². The van der Waals surface area contributed by atoms with E-state index in [0.717, 1.165) is 18.2 Å². The molecule has 20 heavy (non-hydrogen) atoms. The molecular formula is C13H9BrF2N2O2. The number of halogens is 3. The third-order valence-electron chi connectivity index (χ3n) is 2.61. The summed E-state index contributed by atoms with van der Waals surface area (Å²) in [6, 6.07) is 4.53. The van der Waals surface area contributed by atoms with Gasteiger partial charge in [-0.25, -0.2) is 8.78 Å². The Labute approximate surface area is 121 Å². The Morgan fingerprint density at radius 2 is 1.85 bits per heavy atom. The number of aryl methyl sites for hydroxylation is 1. The van der Waals surface area contributed by atoms with Crippen molar-refractivity contribution in [3.8, 4) is 0 Å². The molecule has 2 aromatic rings. The van der Waals surface area contributed by atoms with Gasteiger partial charge in [0.05, 0.1) is 0 Å². The molecule has 104 valence electrons. The van der Waals surface area contributed by atoms with Crippen LogP contribution in [0.1, 0.15) is 10.4 Å². The number of pyridine rings is 1. The van der Waals surface area contributed by atoms with Crippen LogP contribution in [-0.4, -0.2) is 10.5 Å². The molecule has 4 nitrogen and oxygen atoms in total. The first-order valence-electron chi connectivity index (χ1n) is 5.51. The van der Waals surface area contributed by atoms with Crippen molar-refractivity contribution in [2.24, 2.45) is 7.05 Å². The first kappa shape index (κ1) is 14.4. The van der Waals surface area contributed by atoms with E-state index in [1.165, 1.54) is 23.9 Å². The molecule has 1 N–H and O–H groups in total. The highest BCUT2D eigenvalue weighted by Gasteiger charge is 2.15. The standard InChI is InChI=1S/C13H9BrF2N2O2/c1-18-3-2-7(4-11(18)19)13(20)17-12-9(15)5-8(14)6-10(12)16/h2-6H,1H3,(H,17,20). The van der Waals surface area contributed by atoms with Crippen LogP contribution in [0, 0.1) is 11.6 Å². The van der Waals surface area contributed by atoms with E-state index in [1.54, 1.807) is 0 Å². The normalized spacial score (nSPS) is 10.4. The van der Waals surface area contributed by atoms with Gasteiger partial charge in [-0.05, 0) is 18.2 Å². The van der Waals surface area contributed by atoms with Gasteiger partial charge in [0.2, 0.25) is 0 Å². The summed E-state index contributed by atoms with van der Waals surface area (Å²) < 4.78 is 28.7. The van der Waals surface area contributed by atoms with Crippen LogP contribution in [0.2, 0.25) is 0 Å². The number of hydrogen-bond donors (Lipinski definition) is 1. The lowest BCUT2D eigenvalue weighted by molar-refractivity contribution is 0.102. The molecule has 0 spiro atoms. The number of anilines is 1. The molecule has 0 aliphatic heterocycles. The van der Waals surface area contributed by atoms with E-state index in [9.17, 15) is 18.4 Å². The van der Waals surface area contributed by atoms with E-state index < -0.39 is 28.8 Å². The highest BCUT2D eigenvalue weighted by atomic mass is 79.9. The van der Waals surface area contributed by atoms with Crippen LogP contribution >= 0.6 is 15.9 Å². The highest BCUT2D eigenvalue weighted by molar-refractivity contribution is 9.10. The Kier molecular flexibility index (Phi) is 3.99. The molecule has 0 aliphatic rings. The van der Waals surface area contributed by atoms with Crippen LogP contribution in [0.5, 0.6) is 0 Å². The van der Waals surface area contributed by atoms with Crippen LogP contribution in [0.15, 0.2) is 39.7 Å². The summed E-state index contributed by atoms with van der Waals surface area (Å²) in [6.07, 6.45) is 1.39. The van der Waals surface area contributed by atoms with Gasteiger partial charge in [-0.15, -0.1) is 0 Å². The summed E-state index contributed by atoms with van der Waals surface area (Å²) in [7, 11) is 1.53. The Bertz CT molecular complexity index is 720. The number of benzene rings is 1. The highest BCUT2D eigenvalue weighted by Crippen LogP contribution is 2.24. The van der Waals surface area contributed by atoms with E-state index in [2.05, 4.69) is 21.2 Å². The summed E-state index contributed by atoms with van der Waals surface area (Å²) in [5.74, 6) is -2.58. The van der Waals surface area contributed by atoms with Crippen LogP contribution in [0.4, 0.5) is 14.5 Å². The van der Waals surface area contributed by atoms with Crippen molar-refractivity contribution in [2.75, 3.05) is 5.32 Å². The molecule has 1 aromatic carbocycles. The quantitative estimate of drug-likeness (QED) is 0.912. The topological polar surface area (TPSA) is 51.1 Å². The Hall–Kier alpha value is -2.02. The predicted octanol–water partition coefficient (Wildman–Crippen LogP) is 2.68. The summed E-state index contributed by atoms with van der Waals surface area (Å²) in [5, 5.41) is 2.11. The second kappa shape index (κ2) is 5.54. The predicted molar refractivity (Wildman–Crippen MR) is 73.7 cm³/mol. The third kappa shape index (κ3) is 2.93. The van der Waals surface area contributed by atoms with Gasteiger partial charge in [0.25, 0.3) is 11.5 Å². The molecule has 1 aromatic heterocycles. The molecule has 1 heterocycles. The molecule has 0 saturated heterocycles. The number of carbonyl (C=O) groups excluding carboxylic acids is 1. The van der Waals surface area contributed by atoms with Gasteiger partial charge in [-0.1, -0.05) is 15.9 Å². The maximum Gasteiger partial charge on any atom is 0.256 e. The number of aromatic nitrogens is 1. The fraction of sp³-hybridized carbons (Fsp3) is 0.0769. The lowest BCUT2D eigenvalue weighted by Gasteiger charge is -2.08. The van der Waals surface area contributed by atoms with E-state index in [1.807, 2.05) is 0 Å². The number of nitrogens with one attached hydrogen (secondary N) is 1. The Balaban J connectivity index is 2.32. The zero-order valence-corrected chi connectivity index (χ0v) is 11.9. The zero-order chi connectivity index (χ0) is 14.9. The molecule has 0 saturated carbocycles. The van der Waals surface area contributed by atoms with Crippen LogP contribution in [0.3, 0.4) is 0 Å². The van der Waals surface area contributed by atoms with E-state index in [0.29, 0.717) is 0 Å². The van der Waals surface area contributed by atoms with Crippen molar-refractivity contribution in [2.45, 2.75) is 0 Å². The van der Waals surface area contributed by atoms with Crippen molar-refractivity contribution in [3.63, 3.8) is 0 Å². The average molecular weight is 343 g/mol. The van der Waals surface area contributed by atoms with Crippen LogP contribution < -0.4 is 10.9 Å². The first-order valence-corrected chi connectivity index (χ1v) is 6.30. The number of hydrogen-bond acceptors (Lipinski definition) is 2. The van der Waals surface area contributed by atoms with Gasteiger partial charge in [-0.2, -0.15) is 0 Å². The van der Waals surface area contributed by atoms with E-state index in [4.69, 9.17) is 0 Å². The lowest BCUT2D eigenvalue weighted by atomic mass is 10.2. The van der Waals surface area contributed by atoms with Crippen molar-refractivity contribution in [3.05, 3.63) is 62.5 Å².